The molecule has 0 saturated carbocycles. The summed E-state index contributed by atoms with van der Waals surface area (Å²) in [5.41, 5.74) is 3.70. The van der Waals surface area contributed by atoms with Gasteiger partial charge >= 0.3 is 0 Å². The van der Waals surface area contributed by atoms with Gasteiger partial charge in [-0.2, -0.15) is 0 Å². The van der Waals surface area contributed by atoms with E-state index < -0.39 is 0 Å². The van der Waals surface area contributed by atoms with Crippen LogP contribution in [0.4, 0.5) is 5.69 Å². The van der Waals surface area contributed by atoms with Gasteiger partial charge < -0.3 is 10.1 Å². The molecule has 8 heteroatoms. The zero-order chi connectivity index (χ0) is 25.8. The molecule has 186 valence electrons. The van der Waals surface area contributed by atoms with Crippen LogP contribution in [0, 0.1) is 6.92 Å². The number of nitrogens with one attached hydrogen (secondary N) is 1. The molecular formula is C28H28ClN3O3S. The van der Waals surface area contributed by atoms with E-state index in [4.69, 9.17) is 21.3 Å². The van der Waals surface area contributed by atoms with Crippen molar-refractivity contribution in [1.29, 1.82) is 0 Å². The number of carbonyl (C=O) groups is 1. The van der Waals surface area contributed by atoms with E-state index in [0.29, 0.717) is 38.4 Å². The number of thioether (sulfide) groups is 1. The molecule has 0 spiro atoms. The Labute approximate surface area is 219 Å². The molecule has 1 heterocycles. The van der Waals surface area contributed by atoms with Crippen molar-refractivity contribution in [3.05, 3.63) is 87.2 Å². The first-order valence-electron chi connectivity index (χ1n) is 11.7. The molecule has 3 aromatic carbocycles. The number of halogens is 1. The molecule has 0 bridgehead atoms. The molecule has 4 rings (SSSR count). The van der Waals surface area contributed by atoms with Gasteiger partial charge in [-0.05, 0) is 72.9 Å². The molecule has 0 aliphatic heterocycles. The summed E-state index contributed by atoms with van der Waals surface area (Å²) in [5.74, 6) is 0.873. The van der Waals surface area contributed by atoms with Gasteiger partial charge in [0.15, 0.2) is 5.16 Å². The Morgan fingerprint density at radius 1 is 1.14 bits per heavy atom. The first-order valence-corrected chi connectivity index (χ1v) is 13.1. The number of hydrogen-bond donors (Lipinski definition) is 1. The molecule has 1 amide bonds. The SMILES string of the molecule is CC[C@H](C)c1ccc(NC(=O)CSc2nc3cc(Cl)ccc3c(=O)n2-c2cc(C)ccc2OC)cc1. The van der Waals surface area contributed by atoms with Crippen molar-refractivity contribution in [3.8, 4) is 11.4 Å². The number of amides is 1. The van der Waals surface area contributed by atoms with Crippen LogP contribution in [0.2, 0.25) is 5.02 Å². The minimum Gasteiger partial charge on any atom is -0.495 e. The maximum atomic E-state index is 13.6. The van der Waals surface area contributed by atoms with E-state index in [0.717, 1.165) is 17.7 Å². The number of anilines is 1. The van der Waals surface area contributed by atoms with Crippen molar-refractivity contribution in [2.45, 2.75) is 38.3 Å². The van der Waals surface area contributed by atoms with E-state index >= 15 is 0 Å². The van der Waals surface area contributed by atoms with Gasteiger partial charge in [0.25, 0.3) is 5.56 Å². The van der Waals surface area contributed by atoms with E-state index in [2.05, 4.69) is 19.2 Å². The molecule has 6 nitrogen and oxygen atoms in total. The van der Waals surface area contributed by atoms with Crippen LogP contribution in [0.1, 0.15) is 37.3 Å². The van der Waals surface area contributed by atoms with Gasteiger partial charge in [0.1, 0.15) is 5.75 Å². The first kappa shape index (κ1) is 25.8. The van der Waals surface area contributed by atoms with Gasteiger partial charge in [0.05, 0.1) is 29.5 Å². The Morgan fingerprint density at radius 3 is 2.58 bits per heavy atom. The van der Waals surface area contributed by atoms with E-state index in [1.165, 1.54) is 21.9 Å². The van der Waals surface area contributed by atoms with Gasteiger partial charge in [-0.3, -0.25) is 14.2 Å². The van der Waals surface area contributed by atoms with Crippen LogP contribution in [0.5, 0.6) is 5.75 Å². The molecule has 0 fully saturated rings. The summed E-state index contributed by atoms with van der Waals surface area (Å²) in [6.45, 7) is 6.27. The Balaban J connectivity index is 1.66. The Morgan fingerprint density at radius 2 is 1.89 bits per heavy atom. The highest BCUT2D eigenvalue weighted by atomic mass is 35.5. The number of nitrogens with zero attached hydrogens (tertiary/aromatic N) is 2. The Hall–Kier alpha value is -3.29. The summed E-state index contributed by atoms with van der Waals surface area (Å²) in [7, 11) is 1.56. The number of aromatic nitrogens is 2. The number of aryl methyl sites for hydroxylation is 1. The van der Waals surface area contributed by atoms with Gasteiger partial charge in [-0.1, -0.05) is 55.4 Å². The molecule has 0 aliphatic carbocycles. The van der Waals surface area contributed by atoms with Crippen LogP contribution >= 0.6 is 23.4 Å². The zero-order valence-corrected chi connectivity index (χ0v) is 22.2. The number of ether oxygens (including phenoxy) is 1. The van der Waals surface area contributed by atoms with Crippen molar-refractivity contribution in [2.75, 3.05) is 18.2 Å². The first-order chi connectivity index (χ1) is 17.3. The maximum absolute atomic E-state index is 13.6. The third-order valence-corrected chi connectivity index (χ3v) is 7.26. The van der Waals surface area contributed by atoms with E-state index in [1.54, 1.807) is 25.3 Å². The highest BCUT2D eigenvalue weighted by Crippen LogP contribution is 2.29. The lowest BCUT2D eigenvalue weighted by Crippen LogP contribution is -2.23. The molecule has 0 aliphatic rings. The fourth-order valence-electron chi connectivity index (χ4n) is 3.88. The Kier molecular flexibility index (Phi) is 8.01. The number of benzene rings is 3. The number of rotatable bonds is 8. The van der Waals surface area contributed by atoms with Crippen LogP contribution in [0.3, 0.4) is 0 Å². The average molecular weight is 522 g/mol. The molecule has 1 aromatic heterocycles. The predicted molar refractivity (Wildman–Crippen MR) is 148 cm³/mol. The quantitative estimate of drug-likeness (QED) is 0.209. The van der Waals surface area contributed by atoms with Crippen LogP contribution in [-0.2, 0) is 4.79 Å². The third kappa shape index (κ3) is 5.58. The topological polar surface area (TPSA) is 73.2 Å². The summed E-state index contributed by atoms with van der Waals surface area (Å²) in [4.78, 5) is 31.1. The minimum absolute atomic E-state index is 0.0692. The monoisotopic (exact) mass is 521 g/mol. The highest BCUT2D eigenvalue weighted by molar-refractivity contribution is 7.99. The van der Waals surface area contributed by atoms with Crippen molar-refractivity contribution < 1.29 is 9.53 Å². The van der Waals surface area contributed by atoms with Gasteiger partial charge in [0.2, 0.25) is 5.91 Å². The van der Waals surface area contributed by atoms with Crippen molar-refractivity contribution in [1.82, 2.24) is 9.55 Å². The summed E-state index contributed by atoms with van der Waals surface area (Å²) in [5, 5.41) is 4.21. The molecule has 36 heavy (non-hydrogen) atoms. The highest BCUT2D eigenvalue weighted by Gasteiger charge is 2.18. The Bertz CT molecular complexity index is 1470. The molecule has 0 radical (unpaired) electrons. The fourth-order valence-corrected chi connectivity index (χ4v) is 4.85. The number of carbonyl (C=O) groups excluding carboxylic acids is 1. The molecule has 0 unspecified atom stereocenters. The van der Waals surface area contributed by atoms with E-state index in [9.17, 15) is 9.59 Å². The van der Waals surface area contributed by atoms with Crippen molar-refractivity contribution in [2.24, 2.45) is 0 Å². The lowest BCUT2D eigenvalue weighted by atomic mass is 9.99. The van der Waals surface area contributed by atoms with Gasteiger partial charge in [0, 0.05) is 10.7 Å². The summed E-state index contributed by atoms with van der Waals surface area (Å²) >= 11 is 7.35. The summed E-state index contributed by atoms with van der Waals surface area (Å²) in [6.07, 6.45) is 1.06. The van der Waals surface area contributed by atoms with Crippen LogP contribution in [0.25, 0.3) is 16.6 Å². The third-order valence-electron chi connectivity index (χ3n) is 6.08. The number of fused-ring (bicyclic) bond motifs is 1. The average Bonchev–Trinajstić information content (AvgIpc) is 2.87. The summed E-state index contributed by atoms with van der Waals surface area (Å²) < 4.78 is 7.04. The molecule has 0 saturated heterocycles. The number of methoxy groups -OCH3 is 1. The van der Waals surface area contributed by atoms with E-state index in [-0.39, 0.29) is 17.2 Å². The zero-order valence-electron chi connectivity index (χ0n) is 20.7. The molecule has 1 atom stereocenters. The number of hydrogen-bond acceptors (Lipinski definition) is 5. The van der Waals surface area contributed by atoms with Gasteiger partial charge in [-0.15, -0.1) is 0 Å². The minimum atomic E-state index is -0.260. The fraction of sp³-hybridized carbons (Fsp3) is 0.250. The second-order valence-electron chi connectivity index (χ2n) is 8.64. The lowest BCUT2D eigenvalue weighted by Gasteiger charge is -2.16. The largest absolute Gasteiger partial charge is 0.495 e. The summed E-state index contributed by atoms with van der Waals surface area (Å²) in [6, 6.07) is 18.5. The van der Waals surface area contributed by atoms with Crippen LogP contribution < -0.4 is 15.6 Å². The van der Waals surface area contributed by atoms with Crippen LogP contribution in [0.15, 0.2) is 70.6 Å². The van der Waals surface area contributed by atoms with Crippen LogP contribution in [-0.4, -0.2) is 28.3 Å². The lowest BCUT2D eigenvalue weighted by molar-refractivity contribution is -0.113. The molecular weight excluding hydrogens is 494 g/mol. The molecule has 4 aromatic rings. The maximum Gasteiger partial charge on any atom is 0.266 e. The second kappa shape index (κ2) is 11.2. The van der Waals surface area contributed by atoms with Crippen molar-refractivity contribution in [3.63, 3.8) is 0 Å². The van der Waals surface area contributed by atoms with Gasteiger partial charge in [-0.25, -0.2) is 4.98 Å². The molecule has 1 N–H and O–H groups in total. The standard InChI is InChI=1S/C28H28ClN3O3S/c1-5-18(3)19-7-10-21(11-8-19)30-26(33)16-36-28-31-23-15-20(29)9-12-22(23)27(34)32(28)24-14-17(2)6-13-25(24)35-4/h6-15,18H,5,16H2,1-4H3,(H,30,33)/t18-/m0/s1. The van der Waals surface area contributed by atoms with Crippen molar-refractivity contribution >= 4 is 45.9 Å². The van der Waals surface area contributed by atoms with E-state index in [1.807, 2.05) is 49.4 Å². The normalized spacial score (nSPS) is 11.9. The smallest absolute Gasteiger partial charge is 0.266 e. The predicted octanol–water partition coefficient (Wildman–Crippen LogP) is 6.60. The second-order valence-corrected chi connectivity index (χ2v) is 10.0.